The number of benzene rings is 1. The van der Waals surface area contributed by atoms with E-state index in [1.165, 1.54) is 13.0 Å². The van der Waals surface area contributed by atoms with Gasteiger partial charge in [0.2, 0.25) is 10.0 Å². The van der Waals surface area contributed by atoms with Gasteiger partial charge in [0.05, 0.1) is 0 Å². The first-order valence-electron chi connectivity index (χ1n) is 8.70. The topological polar surface area (TPSA) is 131 Å². The molecule has 152 valence electrons. The highest BCUT2D eigenvalue weighted by Gasteiger charge is 2.26. The Morgan fingerprint density at radius 3 is 2.46 bits per heavy atom. The Bertz CT molecular complexity index is 860. The van der Waals surface area contributed by atoms with Crippen molar-refractivity contribution in [3.8, 4) is 0 Å². The molecule has 1 fully saturated rings. The Kier molecular flexibility index (Phi) is 7.30. The summed E-state index contributed by atoms with van der Waals surface area (Å²) < 4.78 is 30.7. The molecule has 3 amide bonds. The molecule has 2 rings (SSSR count). The number of esters is 1. The minimum Gasteiger partial charge on any atom is -0.452 e. The van der Waals surface area contributed by atoms with Crippen LogP contribution < -0.4 is 15.4 Å². The summed E-state index contributed by atoms with van der Waals surface area (Å²) >= 11 is 0. The Morgan fingerprint density at radius 1 is 1.21 bits per heavy atom. The highest BCUT2D eigenvalue weighted by atomic mass is 32.2. The number of amides is 3. The van der Waals surface area contributed by atoms with Crippen molar-refractivity contribution in [3.63, 3.8) is 0 Å². The SMILES string of the molecule is Cc1ccc(/C=C/S(=O)(=O)NCC(=O)OC(C)C(=O)NC(=O)NC2CC2)cc1. The van der Waals surface area contributed by atoms with Crippen LogP contribution in [0.3, 0.4) is 0 Å². The molecule has 10 heteroatoms. The van der Waals surface area contributed by atoms with Gasteiger partial charge in [-0.25, -0.2) is 17.9 Å². The van der Waals surface area contributed by atoms with Gasteiger partial charge in [-0.2, -0.15) is 0 Å². The average molecular weight is 409 g/mol. The van der Waals surface area contributed by atoms with E-state index in [-0.39, 0.29) is 6.04 Å². The fourth-order valence-corrected chi connectivity index (χ4v) is 2.76. The van der Waals surface area contributed by atoms with E-state index < -0.39 is 40.6 Å². The molecular formula is C18H23N3O6S. The number of nitrogens with one attached hydrogen (secondary N) is 3. The smallest absolute Gasteiger partial charge is 0.321 e. The molecule has 1 aliphatic rings. The second-order valence-electron chi connectivity index (χ2n) is 6.45. The first-order valence-corrected chi connectivity index (χ1v) is 10.2. The lowest BCUT2D eigenvalue weighted by Gasteiger charge is -2.13. The summed E-state index contributed by atoms with van der Waals surface area (Å²) in [5, 5.41) is 5.55. The van der Waals surface area contributed by atoms with Crippen LogP contribution in [0.25, 0.3) is 6.08 Å². The van der Waals surface area contributed by atoms with Crippen molar-refractivity contribution < 1.29 is 27.5 Å². The largest absolute Gasteiger partial charge is 0.452 e. The second kappa shape index (κ2) is 9.47. The highest BCUT2D eigenvalue weighted by molar-refractivity contribution is 7.92. The maximum Gasteiger partial charge on any atom is 0.321 e. The number of imide groups is 1. The maximum atomic E-state index is 11.9. The van der Waals surface area contributed by atoms with Crippen LogP contribution in [-0.2, 0) is 24.3 Å². The van der Waals surface area contributed by atoms with Gasteiger partial charge in [-0.05, 0) is 38.3 Å². The minimum absolute atomic E-state index is 0.0769. The molecule has 0 heterocycles. The molecule has 1 aliphatic carbocycles. The van der Waals surface area contributed by atoms with E-state index in [9.17, 15) is 22.8 Å². The summed E-state index contributed by atoms with van der Waals surface area (Å²) in [6, 6.07) is 6.62. The summed E-state index contributed by atoms with van der Waals surface area (Å²) in [4.78, 5) is 35.0. The molecule has 0 radical (unpaired) electrons. The number of hydrogen-bond acceptors (Lipinski definition) is 6. The Morgan fingerprint density at radius 2 is 1.86 bits per heavy atom. The van der Waals surface area contributed by atoms with Crippen LogP contribution in [0.4, 0.5) is 4.79 Å². The number of ether oxygens (including phenoxy) is 1. The number of carbonyl (C=O) groups excluding carboxylic acids is 3. The molecule has 0 spiro atoms. The summed E-state index contributed by atoms with van der Waals surface area (Å²) in [7, 11) is -3.86. The molecule has 1 saturated carbocycles. The number of sulfonamides is 1. The van der Waals surface area contributed by atoms with Gasteiger partial charge < -0.3 is 10.1 Å². The third-order valence-electron chi connectivity index (χ3n) is 3.76. The molecule has 0 aliphatic heterocycles. The van der Waals surface area contributed by atoms with Crippen LogP contribution in [0.1, 0.15) is 30.9 Å². The van der Waals surface area contributed by atoms with Crippen molar-refractivity contribution in [2.24, 2.45) is 0 Å². The zero-order chi connectivity index (χ0) is 20.7. The number of hydrogen-bond donors (Lipinski definition) is 3. The molecule has 0 bridgehead atoms. The van der Waals surface area contributed by atoms with Crippen molar-refractivity contribution >= 4 is 34.0 Å². The molecule has 0 aromatic heterocycles. The molecule has 1 aromatic rings. The van der Waals surface area contributed by atoms with E-state index in [0.29, 0.717) is 5.56 Å². The average Bonchev–Trinajstić information content (AvgIpc) is 3.43. The summed E-state index contributed by atoms with van der Waals surface area (Å²) in [5.74, 6) is -1.74. The normalized spacial score (nSPS) is 15.1. The quantitative estimate of drug-likeness (QED) is 0.545. The van der Waals surface area contributed by atoms with Gasteiger partial charge in [0, 0.05) is 11.4 Å². The minimum atomic E-state index is -3.86. The van der Waals surface area contributed by atoms with Gasteiger partial charge >= 0.3 is 12.0 Å². The molecule has 1 unspecified atom stereocenters. The highest BCUT2D eigenvalue weighted by Crippen LogP contribution is 2.18. The van der Waals surface area contributed by atoms with Crippen molar-refractivity contribution in [1.82, 2.24) is 15.4 Å². The number of rotatable bonds is 8. The summed E-state index contributed by atoms with van der Waals surface area (Å²) in [6.45, 7) is 2.55. The first-order chi connectivity index (χ1) is 13.1. The van der Waals surface area contributed by atoms with Gasteiger partial charge in [0.15, 0.2) is 6.10 Å². The zero-order valence-corrected chi connectivity index (χ0v) is 16.4. The fourth-order valence-electron chi connectivity index (χ4n) is 2.01. The lowest BCUT2D eigenvalue weighted by molar-refractivity contribution is -0.153. The van der Waals surface area contributed by atoms with Crippen molar-refractivity contribution in [2.45, 2.75) is 38.8 Å². The lowest BCUT2D eigenvalue weighted by atomic mass is 10.2. The predicted octanol–water partition coefficient (Wildman–Crippen LogP) is 0.805. The zero-order valence-electron chi connectivity index (χ0n) is 15.6. The van der Waals surface area contributed by atoms with E-state index in [4.69, 9.17) is 4.74 Å². The van der Waals surface area contributed by atoms with E-state index in [2.05, 4.69) is 15.4 Å². The molecule has 9 nitrogen and oxygen atoms in total. The van der Waals surface area contributed by atoms with E-state index in [0.717, 1.165) is 23.8 Å². The van der Waals surface area contributed by atoms with Crippen molar-refractivity contribution in [2.75, 3.05) is 6.54 Å². The standard InChI is InChI=1S/C18H23N3O6S/c1-12-3-5-14(6-4-12)9-10-28(25,26)19-11-16(22)27-13(2)17(23)21-18(24)20-15-7-8-15/h3-6,9-10,13,15,19H,7-8,11H2,1-2H3,(H2,20,21,23,24)/b10-9+. The molecular weight excluding hydrogens is 386 g/mol. The fraction of sp³-hybridized carbons (Fsp3) is 0.389. The molecule has 0 saturated heterocycles. The summed E-state index contributed by atoms with van der Waals surface area (Å²) in [5.41, 5.74) is 1.73. The molecule has 1 aromatic carbocycles. The van der Waals surface area contributed by atoms with Crippen molar-refractivity contribution in [3.05, 3.63) is 40.8 Å². The van der Waals surface area contributed by atoms with Crippen LogP contribution in [-0.4, -0.2) is 45.0 Å². The van der Waals surface area contributed by atoms with Crippen LogP contribution in [0, 0.1) is 6.92 Å². The van der Waals surface area contributed by atoms with Gasteiger partial charge in [0.25, 0.3) is 5.91 Å². The lowest BCUT2D eigenvalue weighted by Crippen LogP contribution is -2.45. The summed E-state index contributed by atoms with van der Waals surface area (Å²) in [6.07, 6.45) is 1.88. The monoisotopic (exact) mass is 409 g/mol. The van der Waals surface area contributed by atoms with Crippen molar-refractivity contribution in [1.29, 1.82) is 0 Å². The number of urea groups is 1. The molecule has 1 atom stereocenters. The van der Waals surface area contributed by atoms with Gasteiger partial charge in [-0.15, -0.1) is 0 Å². The van der Waals surface area contributed by atoms with Gasteiger partial charge in [-0.3, -0.25) is 14.9 Å². The van der Waals surface area contributed by atoms with Crippen LogP contribution in [0.2, 0.25) is 0 Å². The maximum absolute atomic E-state index is 11.9. The van der Waals surface area contributed by atoms with Crippen LogP contribution in [0.5, 0.6) is 0 Å². The van der Waals surface area contributed by atoms with Crippen LogP contribution in [0.15, 0.2) is 29.7 Å². The molecule has 28 heavy (non-hydrogen) atoms. The number of carbonyl (C=O) groups is 3. The predicted molar refractivity (Wildman–Crippen MR) is 102 cm³/mol. The van der Waals surface area contributed by atoms with E-state index >= 15 is 0 Å². The third-order valence-corrected chi connectivity index (χ3v) is 4.80. The van der Waals surface area contributed by atoms with Gasteiger partial charge in [-0.1, -0.05) is 29.8 Å². The van der Waals surface area contributed by atoms with Gasteiger partial charge in [0.1, 0.15) is 6.54 Å². The second-order valence-corrected chi connectivity index (χ2v) is 8.10. The van der Waals surface area contributed by atoms with E-state index in [1.54, 1.807) is 12.1 Å². The Hall–Kier alpha value is -2.72. The first kappa shape index (κ1) is 21.6. The van der Waals surface area contributed by atoms with Crippen LogP contribution >= 0.6 is 0 Å². The Labute approximate surface area is 163 Å². The third kappa shape index (κ3) is 7.89. The molecule has 3 N–H and O–H groups in total. The number of aryl methyl sites for hydroxylation is 1. The van der Waals surface area contributed by atoms with E-state index in [1.807, 2.05) is 19.1 Å². The Balaban J connectivity index is 1.75.